The van der Waals surface area contributed by atoms with Gasteiger partial charge in [-0.15, -0.1) is 23.1 Å². The number of aryl methyl sites for hydroxylation is 1. The molecule has 6 aromatic rings. The second-order valence-electron chi connectivity index (χ2n) is 32.8. The van der Waals surface area contributed by atoms with Gasteiger partial charge in [0, 0.05) is 124 Å². The minimum absolute atomic E-state index is 0.00184. The van der Waals surface area contributed by atoms with Crippen LogP contribution in [-0.4, -0.2) is 210 Å². The maximum Gasteiger partial charge on any atom is 0.246 e. The zero-order valence-corrected chi connectivity index (χ0v) is 69.8. The highest BCUT2D eigenvalue weighted by Gasteiger charge is 2.45. The molecule has 5 aromatic carbocycles. The van der Waals surface area contributed by atoms with Gasteiger partial charge in [-0.05, 0) is 190 Å². The van der Waals surface area contributed by atoms with Gasteiger partial charge in [0.1, 0.15) is 17.8 Å². The fraction of sp³-hybridized carbons (Fsp3) is 0.535. The van der Waals surface area contributed by atoms with Gasteiger partial charge < -0.3 is 40.5 Å². The van der Waals surface area contributed by atoms with Gasteiger partial charge in [0.05, 0.1) is 51.2 Å². The number of ether oxygens (including phenoxy) is 1. The van der Waals surface area contributed by atoms with E-state index in [4.69, 9.17) is 16.3 Å². The predicted octanol–water partition coefficient (Wildman–Crippen LogP) is 13.0. The standard InChI is InChI=1S/C86H114ClN9O11S4/c1-60(63-22-24-66(25-23-63)81-61(2)88-59-109-81)89-83(101)76-50-72(97)55-96(76)84(102)82(85(3,4)5)91-80(100)21-15-10-8-9-14-20-79(99)90-70-17-16-39-94(54-70)58-86(6)38-36-75(64-26-31-69(87)32-27-64)68(52-86)53-93-41-43-95(44-42-93)71-33-28-65(29-34-71)77(98)57-111(105,106)74-35-30-67(78(51-74)110(7,103)104)49-62(37-40-92-45-47-107-48-46-92)56-108-73-18-12-11-13-19-73/h11-13,18-19,22-35,51,59-60,62,70,72,76,82,97H,8-10,14-17,20-21,36-50,52-58H2,1-7H3,(H,89,101)(H,90,99)(H,91,100)/t60-,62-,70+,72+,76-,82+,86?/m0/s1. The van der Waals surface area contributed by atoms with Crippen molar-refractivity contribution in [2.75, 3.05) is 114 Å². The number of thioether (sulfide) groups is 1. The van der Waals surface area contributed by atoms with Crippen LogP contribution in [0.15, 0.2) is 147 Å². The maximum absolute atomic E-state index is 14.3. The number of likely N-dealkylation sites (tertiary alicyclic amines) is 2. The molecule has 4 aliphatic heterocycles. The number of benzene rings is 5. The van der Waals surface area contributed by atoms with Crippen LogP contribution in [0.5, 0.6) is 0 Å². The summed E-state index contributed by atoms with van der Waals surface area (Å²) in [5.74, 6) is -1.42. The number of Topliss-reactive ketones (excluding diaryl/α,β-unsaturated/α-hetero) is 1. The number of piperidine rings is 1. The molecule has 1 aromatic heterocycles. The summed E-state index contributed by atoms with van der Waals surface area (Å²) < 4.78 is 60.5. The Balaban J connectivity index is 0.607. The van der Waals surface area contributed by atoms with Crippen LogP contribution in [0.1, 0.15) is 163 Å². The first-order chi connectivity index (χ1) is 53.0. The molecular formula is C86H114ClN9O11S4. The summed E-state index contributed by atoms with van der Waals surface area (Å²) >= 11 is 9.74. The molecule has 1 aliphatic carbocycles. The van der Waals surface area contributed by atoms with E-state index in [1.807, 2.05) is 107 Å². The van der Waals surface area contributed by atoms with E-state index < -0.39 is 60.7 Å². The zero-order valence-electron chi connectivity index (χ0n) is 65.7. The molecule has 5 heterocycles. The number of thiazole rings is 1. The van der Waals surface area contributed by atoms with Crippen molar-refractivity contribution in [2.24, 2.45) is 16.7 Å². The van der Waals surface area contributed by atoms with Crippen LogP contribution in [-0.2, 0) is 50.0 Å². The first kappa shape index (κ1) is 85.1. The van der Waals surface area contributed by atoms with Crippen LogP contribution in [0.25, 0.3) is 16.0 Å². The molecule has 600 valence electrons. The van der Waals surface area contributed by atoms with Gasteiger partial charge in [0.15, 0.2) is 25.5 Å². The Kier molecular flexibility index (Phi) is 29.9. The number of rotatable bonds is 34. The fourth-order valence-electron chi connectivity index (χ4n) is 16.5. The molecule has 11 rings (SSSR count). The molecule has 4 saturated heterocycles. The number of ketones is 1. The lowest BCUT2D eigenvalue weighted by molar-refractivity contribution is -0.144. The Morgan fingerprint density at radius 1 is 0.784 bits per heavy atom. The highest BCUT2D eigenvalue weighted by Crippen LogP contribution is 2.45. The highest BCUT2D eigenvalue weighted by atomic mass is 35.5. The van der Waals surface area contributed by atoms with Crippen molar-refractivity contribution in [2.45, 2.75) is 183 Å². The van der Waals surface area contributed by atoms with E-state index in [9.17, 15) is 45.9 Å². The van der Waals surface area contributed by atoms with Gasteiger partial charge in [-0.1, -0.05) is 125 Å². The number of carbonyl (C=O) groups is 5. The molecule has 111 heavy (non-hydrogen) atoms. The van der Waals surface area contributed by atoms with Crippen LogP contribution in [0, 0.1) is 23.7 Å². The number of anilines is 1. The molecule has 4 N–H and O–H groups in total. The molecule has 0 spiro atoms. The molecule has 0 bridgehead atoms. The highest BCUT2D eigenvalue weighted by molar-refractivity contribution is 7.99. The van der Waals surface area contributed by atoms with Crippen molar-refractivity contribution in [1.29, 1.82) is 0 Å². The van der Waals surface area contributed by atoms with E-state index in [2.05, 4.69) is 71.7 Å². The number of unbranched alkanes of at least 4 members (excludes halogenated alkanes) is 4. The fourth-order valence-corrected chi connectivity index (χ4v) is 20.8. The summed E-state index contributed by atoms with van der Waals surface area (Å²) in [5, 5.41) is 20.9. The molecule has 0 saturated carbocycles. The molecule has 25 heteroatoms. The van der Waals surface area contributed by atoms with Crippen LogP contribution >= 0.6 is 34.7 Å². The van der Waals surface area contributed by atoms with E-state index in [1.54, 1.807) is 41.3 Å². The normalized spacial score (nSPS) is 20.7. The number of morpholine rings is 1. The number of aliphatic hydroxyl groups is 1. The van der Waals surface area contributed by atoms with Gasteiger partial charge >= 0.3 is 0 Å². The van der Waals surface area contributed by atoms with E-state index in [0.29, 0.717) is 43.1 Å². The summed E-state index contributed by atoms with van der Waals surface area (Å²) in [6.07, 6.45) is 11.1. The Morgan fingerprint density at radius 2 is 1.47 bits per heavy atom. The van der Waals surface area contributed by atoms with Gasteiger partial charge in [-0.2, -0.15) is 0 Å². The number of allylic oxidation sites excluding steroid dienone is 1. The van der Waals surface area contributed by atoms with E-state index in [-0.39, 0.29) is 75.9 Å². The number of aromatic nitrogens is 1. The molecule has 4 amide bonds. The van der Waals surface area contributed by atoms with Crippen molar-refractivity contribution < 1.29 is 50.7 Å². The molecular weight excluding hydrogens is 1500 g/mol. The monoisotopic (exact) mass is 1610 g/mol. The van der Waals surface area contributed by atoms with Gasteiger partial charge in [-0.3, -0.25) is 33.8 Å². The molecule has 20 nitrogen and oxygen atoms in total. The number of aliphatic hydroxyl groups excluding tert-OH is 1. The summed E-state index contributed by atoms with van der Waals surface area (Å²) in [5.41, 5.74) is 9.88. The van der Waals surface area contributed by atoms with E-state index in [0.717, 1.165) is 180 Å². The lowest BCUT2D eigenvalue weighted by Crippen LogP contribution is -2.57. The Hall–Kier alpha value is -6.84. The number of nitrogens with zero attached hydrogens (tertiary/aromatic N) is 6. The first-order valence-corrected chi connectivity index (χ1v) is 45.5. The quantitative estimate of drug-likeness (QED) is 0.0167. The van der Waals surface area contributed by atoms with Crippen molar-refractivity contribution >= 4 is 95.0 Å². The van der Waals surface area contributed by atoms with Crippen molar-refractivity contribution in [3.63, 3.8) is 0 Å². The number of hydrogen-bond donors (Lipinski definition) is 4. The maximum atomic E-state index is 14.3. The van der Waals surface area contributed by atoms with Crippen LogP contribution in [0.3, 0.4) is 0 Å². The third kappa shape index (κ3) is 24.1. The Morgan fingerprint density at radius 3 is 2.14 bits per heavy atom. The lowest BCUT2D eigenvalue weighted by atomic mass is 9.71. The SMILES string of the molecule is Cc1ncsc1-c1ccc([C@H](C)NC(=O)[C@@H]2C[C@@H](O)CN2C(=O)[C@@H](NC(=O)CCCCCCCC(=O)N[C@@H]2CCCN(CC3(C)CCC(c4ccc(Cl)cc4)=C(CN4CCN(c5ccc(C(=O)CS(=O)(=O)c6ccc(C[C@H](CCN7CCOCC7)CSc7ccccc7)c(S(C)(=O)=O)c6)cc5)CC4)C3)C2)C(C)(C)C)cc1. The lowest BCUT2D eigenvalue weighted by Gasteiger charge is -2.44. The van der Waals surface area contributed by atoms with Crippen molar-refractivity contribution in [1.82, 2.24) is 40.5 Å². The number of nitrogens with one attached hydrogen (secondary N) is 3. The summed E-state index contributed by atoms with van der Waals surface area (Å²) in [4.78, 5) is 86.4. The van der Waals surface area contributed by atoms with Crippen LogP contribution in [0.4, 0.5) is 5.69 Å². The van der Waals surface area contributed by atoms with Gasteiger partial charge in [-0.25, -0.2) is 21.8 Å². The second kappa shape index (κ2) is 39.0. The van der Waals surface area contributed by atoms with Crippen molar-refractivity contribution in [3.05, 3.63) is 165 Å². The number of hydrogen-bond acceptors (Lipinski definition) is 18. The second-order valence-corrected chi connectivity index (χ2v) is 39.2. The number of carbonyl (C=O) groups excluding carboxylic acids is 5. The molecule has 7 atom stereocenters. The van der Waals surface area contributed by atoms with Crippen molar-refractivity contribution in [3.8, 4) is 10.4 Å². The average Bonchev–Trinajstić information content (AvgIpc) is 1.34. The molecule has 4 fully saturated rings. The van der Waals surface area contributed by atoms with Crippen LogP contribution in [0.2, 0.25) is 5.02 Å². The molecule has 1 unspecified atom stereocenters. The number of halogens is 1. The topological polar surface area (TPSA) is 248 Å². The predicted molar refractivity (Wildman–Crippen MR) is 444 cm³/mol. The minimum Gasteiger partial charge on any atom is -0.391 e. The summed E-state index contributed by atoms with van der Waals surface area (Å²) in [6, 6.07) is 35.7. The third-order valence-electron chi connectivity index (χ3n) is 22.7. The van der Waals surface area contributed by atoms with Crippen LogP contribution < -0.4 is 20.9 Å². The number of β-amino-alcohol motifs (C(OH)–C–C–N with tert-alkyl or cyclic N) is 1. The first-order valence-electron chi connectivity index (χ1n) is 39.7. The Labute approximate surface area is 671 Å². The van der Waals surface area contributed by atoms with Gasteiger partial charge in [0.25, 0.3) is 0 Å². The number of amides is 4. The van der Waals surface area contributed by atoms with E-state index >= 15 is 0 Å². The largest absolute Gasteiger partial charge is 0.391 e. The molecule has 5 aliphatic rings. The third-order valence-corrected chi connectivity index (χ3v) is 28.0. The smallest absolute Gasteiger partial charge is 0.246 e. The van der Waals surface area contributed by atoms with Gasteiger partial charge in [0.2, 0.25) is 23.6 Å². The van der Waals surface area contributed by atoms with E-state index in [1.165, 1.54) is 33.7 Å². The zero-order chi connectivity index (χ0) is 79.0. The molecule has 0 radical (unpaired) electrons. The average molecular weight is 1610 g/mol. The summed E-state index contributed by atoms with van der Waals surface area (Å²) in [7, 11) is -8.07. The Bertz CT molecular complexity index is 4410. The number of sulfone groups is 2. The summed E-state index contributed by atoms with van der Waals surface area (Å²) in [6.45, 7) is 22.6. The minimum atomic E-state index is -4.22. The number of piperazine rings is 1.